The second kappa shape index (κ2) is 7.87. The fourth-order valence-corrected chi connectivity index (χ4v) is 3.57. The summed E-state index contributed by atoms with van der Waals surface area (Å²) in [5, 5.41) is 13.4. The molecule has 0 spiro atoms. The standard InChI is InChI=1S/C23H22N4O3/c1-3-15-8-4-6-10-18(15)25-21(28)13-27-22(29)20(26-23(27)30)12-17-14(2)24-19-11-7-5-9-16(17)19/h4-12,29H,3,13H2,1-2H3,(H,25,28)(H,26,30). The molecule has 0 fully saturated rings. The number of nitrogens with zero attached hydrogens (tertiary/aromatic N) is 2. The molecule has 30 heavy (non-hydrogen) atoms. The number of nitrogens with one attached hydrogen (secondary N) is 2. The molecule has 0 saturated carbocycles. The lowest BCUT2D eigenvalue weighted by atomic mass is 10.0. The first-order valence-corrected chi connectivity index (χ1v) is 9.74. The van der Waals surface area contributed by atoms with Gasteiger partial charge in [0, 0.05) is 22.5 Å². The number of anilines is 1. The number of aromatic amines is 1. The van der Waals surface area contributed by atoms with E-state index < -0.39 is 11.6 Å². The topological polar surface area (TPSA) is 99.5 Å². The molecule has 7 heteroatoms. The number of rotatable bonds is 5. The van der Waals surface area contributed by atoms with E-state index in [0.29, 0.717) is 5.69 Å². The number of benzene rings is 2. The van der Waals surface area contributed by atoms with Gasteiger partial charge >= 0.3 is 5.69 Å². The normalized spacial score (nSPS) is 13.9. The van der Waals surface area contributed by atoms with Crippen LogP contribution in [0.1, 0.15) is 30.7 Å². The summed E-state index contributed by atoms with van der Waals surface area (Å²) in [5.41, 5.74) is 4.76. The minimum atomic E-state index is -0.556. The molecule has 3 N–H and O–H groups in total. The molecule has 0 saturated heterocycles. The van der Waals surface area contributed by atoms with Gasteiger partial charge in [0.15, 0.2) is 0 Å². The van der Waals surface area contributed by atoms with Gasteiger partial charge < -0.3 is 15.4 Å². The summed E-state index contributed by atoms with van der Waals surface area (Å²) >= 11 is 0. The number of aromatic hydroxyl groups is 1. The molecule has 3 aromatic rings. The second-order valence-corrected chi connectivity index (χ2v) is 7.08. The van der Waals surface area contributed by atoms with Crippen LogP contribution in [0.25, 0.3) is 11.6 Å². The third kappa shape index (κ3) is 3.57. The maximum absolute atomic E-state index is 12.5. The molecule has 1 aliphatic heterocycles. The van der Waals surface area contributed by atoms with Crippen LogP contribution in [-0.2, 0) is 17.8 Å². The van der Waals surface area contributed by atoms with Crippen molar-refractivity contribution >= 4 is 34.6 Å². The average molecular weight is 402 g/mol. The second-order valence-electron chi connectivity index (χ2n) is 7.08. The Morgan fingerprint density at radius 1 is 1.20 bits per heavy atom. The Morgan fingerprint density at radius 3 is 2.73 bits per heavy atom. The van der Waals surface area contributed by atoms with Crippen molar-refractivity contribution in [1.29, 1.82) is 0 Å². The SMILES string of the molecule is CCc1ccccc1NC(=O)Cn1c(O)c(C=C2C(C)=Nc3ccccc32)[nH]c1=O. The Balaban J connectivity index is 1.60. The average Bonchev–Trinajstić information content (AvgIpc) is 3.19. The van der Waals surface area contributed by atoms with Gasteiger partial charge in [-0.05, 0) is 37.1 Å². The number of hydrogen-bond acceptors (Lipinski definition) is 4. The number of fused-ring (bicyclic) bond motifs is 1. The number of imidazole rings is 1. The number of carbonyl (C=O) groups excluding carboxylic acids is 1. The number of allylic oxidation sites excluding steroid dienone is 1. The number of aliphatic imine (C=N–C) groups is 1. The van der Waals surface area contributed by atoms with Gasteiger partial charge in [-0.2, -0.15) is 0 Å². The maximum atomic E-state index is 12.5. The van der Waals surface area contributed by atoms with Crippen molar-refractivity contribution in [3.05, 3.63) is 75.8 Å². The Kier molecular flexibility index (Phi) is 5.10. The summed E-state index contributed by atoms with van der Waals surface area (Å²) in [6, 6.07) is 15.1. The first kappa shape index (κ1) is 19.4. The van der Waals surface area contributed by atoms with Crippen molar-refractivity contribution in [2.75, 3.05) is 5.32 Å². The summed E-state index contributed by atoms with van der Waals surface area (Å²) in [6.07, 6.45) is 2.45. The zero-order valence-electron chi connectivity index (χ0n) is 16.8. The summed E-state index contributed by atoms with van der Waals surface area (Å²) in [5.74, 6) is -0.681. The molecule has 4 rings (SSSR count). The third-order valence-electron chi connectivity index (χ3n) is 5.12. The molecule has 0 atom stereocenters. The lowest BCUT2D eigenvalue weighted by molar-refractivity contribution is -0.116. The molecular formula is C23H22N4O3. The number of carbonyl (C=O) groups is 1. The van der Waals surface area contributed by atoms with E-state index >= 15 is 0 Å². The highest BCUT2D eigenvalue weighted by molar-refractivity contribution is 6.31. The minimum absolute atomic E-state index is 0.239. The quantitative estimate of drug-likeness (QED) is 0.606. The molecule has 1 aromatic heterocycles. The minimum Gasteiger partial charge on any atom is -0.493 e. The Hall–Kier alpha value is -3.87. The summed E-state index contributed by atoms with van der Waals surface area (Å²) < 4.78 is 1.02. The van der Waals surface area contributed by atoms with Crippen molar-refractivity contribution in [2.45, 2.75) is 26.8 Å². The fourth-order valence-electron chi connectivity index (χ4n) is 3.57. The predicted molar refractivity (Wildman–Crippen MR) is 118 cm³/mol. The van der Waals surface area contributed by atoms with Crippen LogP contribution in [0.3, 0.4) is 0 Å². The van der Waals surface area contributed by atoms with E-state index in [1.165, 1.54) is 0 Å². The van der Waals surface area contributed by atoms with E-state index in [1.54, 1.807) is 6.08 Å². The van der Waals surface area contributed by atoms with Gasteiger partial charge in [0.2, 0.25) is 11.8 Å². The Labute approximate surface area is 173 Å². The molecule has 1 aliphatic rings. The lowest BCUT2D eigenvalue weighted by Crippen LogP contribution is -2.26. The maximum Gasteiger partial charge on any atom is 0.329 e. The number of hydrogen-bond donors (Lipinski definition) is 3. The van der Waals surface area contributed by atoms with Crippen molar-refractivity contribution in [3.8, 4) is 5.88 Å². The van der Waals surface area contributed by atoms with Gasteiger partial charge in [0.25, 0.3) is 0 Å². The van der Waals surface area contributed by atoms with Gasteiger partial charge in [-0.15, -0.1) is 0 Å². The molecule has 0 unspecified atom stereocenters. The fraction of sp³-hybridized carbons (Fsp3) is 0.174. The van der Waals surface area contributed by atoms with Crippen molar-refractivity contribution < 1.29 is 9.90 Å². The molecule has 2 aromatic carbocycles. The molecule has 1 amide bonds. The van der Waals surface area contributed by atoms with Crippen LogP contribution in [0.2, 0.25) is 0 Å². The largest absolute Gasteiger partial charge is 0.493 e. The van der Waals surface area contributed by atoms with Crippen molar-refractivity contribution in [3.63, 3.8) is 0 Å². The molecular weight excluding hydrogens is 380 g/mol. The summed E-state index contributed by atoms with van der Waals surface area (Å²) in [4.78, 5) is 32.0. The van der Waals surface area contributed by atoms with Gasteiger partial charge in [0.1, 0.15) is 12.2 Å². The monoisotopic (exact) mass is 402 g/mol. The number of H-pyrrole nitrogens is 1. The van der Waals surface area contributed by atoms with E-state index in [9.17, 15) is 14.7 Å². The molecule has 0 aliphatic carbocycles. The van der Waals surface area contributed by atoms with Gasteiger partial charge in [-0.3, -0.25) is 14.4 Å². The summed E-state index contributed by atoms with van der Waals surface area (Å²) in [7, 11) is 0. The van der Waals surface area contributed by atoms with Crippen LogP contribution in [-0.4, -0.2) is 26.3 Å². The van der Waals surface area contributed by atoms with Crippen LogP contribution in [0.4, 0.5) is 11.4 Å². The van der Waals surface area contributed by atoms with Crippen LogP contribution in [0.15, 0.2) is 58.3 Å². The van der Waals surface area contributed by atoms with E-state index in [0.717, 1.165) is 39.1 Å². The van der Waals surface area contributed by atoms with Gasteiger partial charge in [-0.1, -0.05) is 43.3 Å². The lowest BCUT2D eigenvalue weighted by Gasteiger charge is -2.10. The highest BCUT2D eigenvalue weighted by Gasteiger charge is 2.20. The Morgan fingerprint density at radius 2 is 1.93 bits per heavy atom. The predicted octanol–water partition coefficient (Wildman–Crippen LogP) is 3.73. The van der Waals surface area contributed by atoms with Crippen molar-refractivity contribution in [1.82, 2.24) is 9.55 Å². The van der Waals surface area contributed by atoms with Gasteiger partial charge in [0.05, 0.1) is 5.69 Å². The smallest absolute Gasteiger partial charge is 0.329 e. The third-order valence-corrected chi connectivity index (χ3v) is 5.12. The van der Waals surface area contributed by atoms with Gasteiger partial charge in [-0.25, -0.2) is 4.79 Å². The first-order valence-electron chi connectivity index (χ1n) is 9.74. The zero-order chi connectivity index (χ0) is 21.3. The Bertz CT molecular complexity index is 1250. The van der Waals surface area contributed by atoms with E-state index in [-0.39, 0.29) is 18.1 Å². The molecule has 2 heterocycles. The van der Waals surface area contributed by atoms with Crippen LogP contribution < -0.4 is 11.0 Å². The summed E-state index contributed by atoms with van der Waals surface area (Å²) in [6.45, 7) is 3.57. The highest BCUT2D eigenvalue weighted by Crippen LogP contribution is 2.36. The van der Waals surface area contributed by atoms with E-state index in [4.69, 9.17) is 0 Å². The van der Waals surface area contributed by atoms with Crippen LogP contribution in [0.5, 0.6) is 5.88 Å². The first-order chi connectivity index (χ1) is 14.5. The highest BCUT2D eigenvalue weighted by atomic mass is 16.3. The molecule has 0 bridgehead atoms. The number of amides is 1. The van der Waals surface area contributed by atoms with Crippen LogP contribution in [0, 0.1) is 0 Å². The van der Waals surface area contributed by atoms with Crippen molar-refractivity contribution in [2.24, 2.45) is 4.99 Å². The zero-order valence-corrected chi connectivity index (χ0v) is 16.8. The molecule has 0 radical (unpaired) electrons. The molecule has 152 valence electrons. The van der Waals surface area contributed by atoms with E-state index in [1.807, 2.05) is 62.4 Å². The van der Waals surface area contributed by atoms with Crippen LogP contribution >= 0.6 is 0 Å². The number of aromatic nitrogens is 2. The molecule has 7 nitrogen and oxygen atoms in total. The number of aryl methyl sites for hydroxylation is 1. The number of para-hydroxylation sites is 2. The van der Waals surface area contributed by atoms with E-state index in [2.05, 4.69) is 15.3 Å².